The van der Waals surface area contributed by atoms with Crippen molar-refractivity contribution in [3.05, 3.63) is 30.1 Å². The van der Waals surface area contributed by atoms with Crippen LogP contribution in [0.15, 0.2) is 24.5 Å². The molecular weight excluding hydrogens is 178 g/mol. The van der Waals surface area contributed by atoms with Gasteiger partial charge in [-0.15, -0.1) is 0 Å². The van der Waals surface area contributed by atoms with Crippen LogP contribution in [0.2, 0.25) is 0 Å². The molecule has 0 radical (unpaired) electrons. The van der Waals surface area contributed by atoms with Gasteiger partial charge in [0.15, 0.2) is 0 Å². The average Bonchev–Trinajstić information content (AvgIpc) is 2.18. The molecule has 0 aliphatic heterocycles. The third kappa shape index (κ3) is 3.85. The maximum absolute atomic E-state index is 9.73. The number of nitrogens with zero attached hydrogens (tertiary/aromatic N) is 1. The van der Waals surface area contributed by atoms with Gasteiger partial charge in [0.05, 0.1) is 12.2 Å². The van der Waals surface area contributed by atoms with Crippen molar-refractivity contribution in [2.75, 3.05) is 6.61 Å². The first-order valence-corrected chi connectivity index (χ1v) is 4.89. The van der Waals surface area contributed by atoms with E-state index in [0.717, 1.165) is 5.56 Å². The third-order valence-electron chi connectivity index (χ3n) is 1.93. The van der Waals surface area contributed by atoms with Crippen LogP contribution in [-0.4, -0.2) is 22.8 Å². The Labute approximate surface area is 84.7 Å². The molecule has 0 saturated carbocycles. The highest BCUT2D eigenvalue weighted by atomic mass is 16.5. The second kappa shape index (κ2) is 5.73. The average molecular weight is 195 g/mol. The van der Waals surface area contributed by atoms with E-state index in [0.29, 0.717) is 13.0 Å². The first kappa shape index (κ1) is 11.1. The zero-order valence-electron chi connectivity index (χ0n) is 8.68. The van der Waals surface area contributed by atoms with Crippen molar-refractivity contribution in [1.82, 2.24) is 4.98 Å². The van der Waals surface area contributed by atoms with Gasteiger partial charge in [-0.1, -0.05) is 0 Å². The third-order valence-corrected chi connectivity index (χ3v) is 1.93. The Morgan fingerprint density at radius 3 is 2.57 bits per heavy atom. The molecule has 1 rings (SSSR count). The Balaban J connectivity index is 2.32. The smallest absolute Gasteiger partial charge is 0.0813 e. The molecule has 1 aromatic rings. The van der Waals surface area contributed by atoms with Gasteiger partial charge < -0.3 is 9.84 Å². The van der Waals surface area contributed by atoms with Gasteiger partial charge in [-0.2, -0.15) is 0 Å². The Hall–Kier alpha value is -0.930. The van der Waals surface area contributed by atoms with E-state index in [-0.39, 0.29) is 6.10 Å². The predicted octanol–water partition coefficient (Wildman–Crippen LogP) is 1.93. The summed E-state index contributed by atoms with van der Waals surface area (Å²) in [4.78, 5) is 3.89. The van der Waals surface area contributed by atoms with Gasteiger partial charge in [0.1, 0.15) is 0 Å². The lowest BCUT2D eigenvalue weighted by Crippen LogP contribution is -2.08. The van der Waals surface area contributed by atoms with Gasteiger partial charge >= 0.3 is 0 Å². The fourth-order valence-corrected chi connectivity index (χ4v) is 1.17. The SMILES string of the molecule is CC(C)OCCC(O)c1ccncc1. The molecule has 3 heteroatoms. The summed E-state index contributed by atoms with van der Waals surface area (Å²) >= 11 is 0. The van der Waals surface area contributed by atoms with Gasteiger partial charge in [0.2, 0.25) is 0 Å². The van der Waals surface area contributed by atoms with Gasteiger partial charge in [-0.25, -0.2) is 0 Å². The van der Waals surface area contributed by atoms with E-state index >= 15 is 0 Å². The summed E-state index contributed by atoms with van der Waals surface area (Å²) in [6, 6.07) is 3.64. The van der Waals surface area contributed by atoms with Gasteiger partial charge in [0, 0.05) is 25.4 Å². The molecule has 0 amide bonds. The molecule has 1 N–H and O–H groups in total. The maximum Gasteiger partial charge on any atom is 0.0813 e. The second-order valence-electron chi connectivity index (χ2n) is 3.50. The highest BCUT2D eigenvalue weighted by Crippen LogP contribution is 2.15. The van der Waals surface area contributed by atoms with Crippen molar-refractivity contribution in [3.8, 4) is 0 Å². The van der Waals surface area contributed by atoms with E-state index in [4.69, 9.17) is 4.74 Å². The van der Waals surface area contributed by atoms with Gasteiger partial charge in [-0.05, 0) is 31.5 Å². The van der Waals surface area contributed by atoms with Crippen LogP contribution in [0.4, 0.5) is 0 Å². The zero-order valence-corrected chi connectivity index (χ0v) is 8.68. The molecule has 14 heavy (non-hydrogen) atoms. The topological polar surface area (TPSA) is 42.4 Å². The van der Waals surface area contributed by atoms with Crippen LogP contribution in [0, 0.1) is 0 Å². The van der Waals surface area contributed by atoms with Gasteiger partial charge in [-0.3, -0.25) is 4.98 Å². The lowest BCUT2D eigenvalue weighted by atomic mass is 10.1. The van der Waals surface area contributed by atoms with Crippen molar-refractivity contribution < 1.29 is 9.84 Å². The number of aliphatic hydroxyl groups excluding tert-OH is 1. The molecule has 0 aromatic carbocycles. The molecule has 0 aliphatic carbocycles. The van der Waals surface area contributed by atoms with Crippen LogP contribution >= 0.6 is 0 Å². The number of aliphatic hydroxyl groups is 1. The highest BCUT2D eigenvalue weighted by Gasteiger charge is 2.06. The van der Waals surface area contributed by atoms with Crippen LogP contribution in [0.5, 0.6) is 0 Å². The molecule has 3 nitrogen and oxygen atoms in total. The highest BCUT2D eigenvalue weighted by molar-refractivity contribution is 5.12. The fourth-order valence-electron chi connectivity index (χ4n) is 1.17. The van der Waals surface area contributed by atoms with E-state index in [9.17, 15) is 5.11 Å². The van der Waals surface area contributed by atoms with E-state index in [1.54, 1.807) is 12.4 Å². The number of aromatic nitrogens is 1. The summed E-state index contributed by atoms with van der Waals surface area (Å²) in [5.41, 5.74) is 0.896. The van der Waals surface area contributed by atoms with E-state index in [1.807, 2.05) is 26.0 Å². The van der Waals surface area contributed by atoms with Crippen LogP contribution < -0.4 is 0 Å². The lowest BCUT2D eigenvalue weighted by molar-refractivity contribution is 0.0465. The summed E-state index contributed by atoms with van der Waals surface area (Å²) in [6.45, 7) is 4.55. The molecule has 0 aliphatic rings. The maximum atomic E-state index is 9.73. The molecule has 1 atom stereocenters. The number of pyridine rings is 1. The lowest BCUT2D eigenvalue weighted by Gasteiger charge is -2.12. The largest absolute Gasteiger partial charge is 0.388 e. The van der Waals surface area contributed by atoms with Crippen LogP contribution in [-0.2, 0) is 4.74 Å². The van der Waals surface area contributed by atoms with E-state index < -0.39 is 6.10 Å². The standard InChI is InChI=1S/C11H17NO2/c1-9(2)14-8-5-11(13)10-3-6-12-7-4-10/h3-4,6-7,9,11,13H,5,8H2,1-2H3. The molecular formula is C11H17NO2. The van der Waals surface area contributed by atoms with Crippen molar-refractivity contribution in [1.29, 1.82) is 0 Å². The molecule has 0 spiro atoms. The summed E-state index contributed by atoms with van der Waals surface area (Å²) in [5.74, 6) is 0. The van der Waals surface area contributed by atoms with Crippen molar-refractivity contribution in [3.63, 3.8) is 0 Å². The summed E-state index contributed by atoms with van der Waals surface area (Å²) < 4.78 is 5.36. The van der Waals surface area contributed by atoms with Gasteiger partial charge in [0.25, 0.3) is 0 Å². The van der Waals surface area contributed by atoms with Crippen LogP contribution in [0.3, 0.4) is 0 Å². The number of ether oxygens (including phenoxy) is 1. The zero-order chi connectivity index (χ0) is 10.4. The summed E-state index contributed by atoms with van der Waals surface area (Å²) in [6.07, 6.45) is 3.77. The first-order valence-electron chi connectivity index (χ1n) is 4.89. The van der Waals surface area contributed by atoms with Crippen molar-refractivity contribution in [2.24, 2.45) is 0 Å². The number of rotatable bonds is 5. The monoisotopic (exact) mass is 195 g/mol. The predicted molar refractivity (Wildman–Crippen MR) is 54.9 cm³/mol. The first-order chi connectivity index (χ1) is 6.70. The molecule has 1 unspecified atom stereocenters. The van der Waals surface area contributed by atoms with E-state index in [1.165, 1.54) is 0 Å². The Bertz CT molecular complexity index is 249. The minimum absolute atomic E-state index is 0.222. The Morgan fingerprint density at radius 2 is 2.00 bits per heavy atom. The Morgan fingerprint density at radius 1 is 1.36 bits per heavy atom. The molecule has 78 valence electrons. The fraction of sp³-hybridized carbons (Fsp3) is 0.545. The van der Waals surface area contributed by atoms with Crippen LogP contribution in [0.25, 0.3) is 0 Å². The number of hydrogen-bond acceptors (Lipinski definition) is 3. The molecule has 0 saturated heterocycles. The van der Waals surface area contributed by atoms with Crippen LogP contribution in [0.1, 0.15) is 31.9 Å². The normalized spacial score (nSPS) is 13.1. The second-order valence-corrected chi connectivity index (χ2v) is 3.50. The quantitative estimate of drug-likeness (QED) is 0.780. The number of hydrogen-bond donors (Lipinski definition) is 1. The summed E-state index contributed by atoms with van der Waals surface area (Å²) in [5, 5.41) is 9.73. The summed E-state index contributed by atoms with van der Waals surface area (Å²) in [7, 11) is 0. The minimum atomic E-state index is -0.447. The molecule has 1 heterocycles. The van der Waals surface area contributed by atoms with E-state index in [2.05, 4.69) is 4.98 Å². The molecule has 1 aromatic heterocycles. The minimum Gasteiger partial charge on any atom is -0.388 e. The molecule has 0 bridgehead atoms. The Kier molecular flexibility index (Phi) is 4.56. The van der Waals surface area contributed by atoms with Crippen molar-refractivity contribution in [2.45, 2.75) is 32.5 Å². The van der Waals surface area contributed by atoms with Crippen molar-refractivity contribution >= 4 is 0 Å². The molecule has 0 fully saturated rings.